The average molecular weight is 387 g/mol. The standard InChI is InChI=1S/C19H16ClFN4O2/c1-3-5-13-17(2)26-15(14-11(20)6-4-7-12(14)21)18(8-22,9-23)19(13,10-24)16(25)27-17/h4,6-7,13,15,25H,3,5H2,1-2H3. The molecule has 2 aliphatic rings. The number of fused-ring (bicyclic) bond motifs is 2. The van der Waals surface area contributed by atoms with Gasteiger partial charge in [0.1, 0.15) is 11.9 Å². The van der Waals surface area contributed by atoms with Crippen LogP contribution in [0.2, 0.25) is 5.02 Å². The molecule has 0 amide bonds. The van der Waals surface area contributed by atoms with Crippen molar-refractivity contribution in [3.8, 4) is 18.2 Å². The second kappa shape index (κ2) is 6.20. The second-order valence-corrected chi connectivity index (χ2v) is 7.28. The summed E-state index contributed by atoms with van der Waals surface area (Å²) >= 11 is 6.17. The Kier molecular flexibility index (Phi) is 4.39. The van der Waals surface area contributed by atoms with E-state index in [0.717, 1.165) is 6.07 Å². The molecule has 1 aromatic carbocycles. The fourth-order valence-corrected chi connectivity index (χ4v) is 4.60. The molecule has 0 aliphatic carbocycles. The van der Waals surface area contributed by atoms with Crippen LogP contribution < -0.4 is 0 Å². The summed E-state index contributed by atoms with van der Waals surface area (Å²) in [5.74, 6) is -3.48. The van der Waals surface area contributed by atoms with Crippen LogP contribution in [0.3, 0.4) is 0 Å². The summed E-state index contributed by atoms with van der Waals surface area (Å²) in [5, 5.41) is 38.5. The summed E-state index contributed by atoms with van der Waals surface area (Å²) < 4.78 is 26.2. The summed E-state index contributed by atoms with van der Waals surface area (Å²) in [6, 6.07) is 9.69. The van der Waals surface area contributed by atoms with Gasteiger partial charge in [0.15, 0.2) is 5.41 Å². The molecular weight excluding hydrogens is 371 g/mol. The number of ether oxygens (including phenoxy) is 2. The average Bonchev–Trinajstić information content (AvgIpc) is 2.79. The Morgan fingerprint density at radius 1 is 1.26 bits per heavy atom. The lowest BCUT2D eigenvalue weighted by atomic mass is 9.53. The zero-order valence-electron chi connectivity index (χ0n) is 14.7. The van der Waals surface area contributed by atoms with Gasteiger partial charge in [-0.1, -0.05) is 31.0 Å². The maximum absolute atomic E-state index is 14.7. The highest BCUT2D eigenvalue weighted by molar-refractivity contribution is 6.31. The predicted octanol–water partition coefficient (Wildman–Crippen LogP) is 4.23. The summed E-state index contributed by atoms with van der Waals surface area (Å²) in [6.45, 7) is 3.42. The number of hydrogen-bond donors (Lipinski definition) is 1. The molecule has 2 aliphatic heterocycles. The maximum atomic E-state index is 14.7. The first-order valence-corrected chi connectivity index (χ1v) is 8.79. The fourth-order valence-electron chi connectivity index (χ4n) is 4.33. The molecule has 0 spiro atoms. The van der Waals surface area contributed by atoms with Crippen LogP contribution in [-0.4, -0.2) is 11.7 Å². The van der Waals surface area contributed by atoms with Gasteiger partial charge >= 0.3 is 0 Å². The van der Waals surface area contributed by atoms with E-state index in [-0.39, 0.29) is 10.6 Å². The number of rotatable bonds is 3. The molecule has 2 heterocycles. The van der Waals surface area contributed by atoms with Crippen molar-refractivity contribution < 1.29 is 13.9 Å². The molecular formula is C19H16ClFN4O2. The number of nitrogens with zero attached hydrogens (tertiary/aromatic N) is 3. The van der Waals surface area contributed by atoms with E-state index >= 15 is 0 Å². The third kappa shape index (κ3) is 2.15. The van der Waals surface area contributed by atoms with Gasteiger partial charge in [0, 0.05) is 17.5 Å². The highest BCUT2D eigenvalue weighted by Gasteiger charge is 2.79. The SMILES string of the molecule is CCCC1C2(C)OC(=N)C1(C#N)C(C#N)(C#N)C(c1c(F)cccc1Cl)O2. The van der Waals surface area contributed by atoms with Gasteiger partial charge in [-0.15, -0.1) is 0 Å². The number of benzene rings is 1. The first-order valence-electron chi connectivity index (χ1n) is 8.41. The summed E-state index contributed by atoms with van der Waals surface area (Å²) in [6.07, 6.45) is -0.501. The van der Waals surface area contributed by atoms with Gasteiger partial charge in [-0.25, -0.2) is 4.39 Å². The van der Waals surface area contributed by atoms with Crippen molar-refractivity contribution in [3.05, 3.63) is 34.6 Å². The molecule has 0 radical (unpaired) electrons. The van der Waals surface area contributed by atoms with Crippen LogP contribution in [0.25, 0.3) is 0 Å². The Morgan fingerprint density at radius 3 is 2.44 bits per heavy atom. The number of nitriles is 3. The van der Waals surface area contributed by atoms with Crippen LogP contribution in [0.1, 0.15) is 38.4 Å². The lowest BCUT2D eigenvalue weighted by Gasteiger charge is -2.48. The van der Waals surface area contributed by atoms with Gasteiger partial charge in [0.05, 0.1) is 24.1 Å². The highest BCUT2D eigenvalue weighted by Crippen LogP contribution is 2.67. The van der Waals surface area contributed by atoms with E-state index in [4.69, 9.17) is 26.5 Å². The largest absolute Gasteiger partial charge is 0.448 e. The molecule has 1 aromatic rings. The summed E-state index contributed by atoms with van der Waals surface area (Å²) in [7, 11) is 0. The maximum Gasteiger partial charge on any atom is 0.214 e. The van der Waals surface area contributed by atoms with Crippen molar-refractivity contribution in [2.45, 2.75) is 38.6 Å². The van der Waals surface area contributed by atoms with Gasteiger partial charge in [0.25, 0.3) is 0 Å². The molecule has 2 saturated heterocycles. The lowest BCUT2D eigenvalue weighted by Crippen LogP contribution is -2.58. The first-order chi connectivity index (χ1) is 12.8. The third-order valence-corrected chi connectivity index (χ3v) is 5.88. The van der Waals surface area contributed by atoms with Crippen LogP contribution in [0.15, 0.2) is 18.2 Å². The molecule has 27 heavy (non-hydrogen) atoms. The van der Waals surface area contributed by atoms with Crippen molar-refractivity contribution in [2.24, 2.45) is 16.7 Å². The zero-order valence-corrected chi connectivity index (χ0v) is 15.5. The fraction of sp³-hybridized carbons (Fsp3) is 0.474. The molecule has 0 saturated carbocycles. The number of hydrogen-bond acceptors (Lipinski definition) is 6. The Bertz CT molecular complexity index is 912. The molecule has 1 N–H and O–H groups in total. The summed E-state index contributed by atoms with van der Waals surface area (Å²) in [5.41, 5.74) is -4.31. The van der Waals surface area contributed by atoms with Crippen LogP contribution in [0.4, 0.5) is 4.39 Å². The Balaban J connectivity index is 2.38. The van der Waals surface area contributed by atoms with E-state index in [1.54, 1.807) is 6.92 Å². The predicted molar refractivity (Wildman–Crippen MR) is 92.6 cm³/mol. The molecule has 8 heteroatoms. The monoisotopic (exact) mass is 386 g/mol. The normalized spacial score (nSPS) is 33.4. The van der Waals surface area contributed by atoms with Gasteiger partial charge < -0.3 is 9.47 Å². The van der Waals surface area contributed by atoms with Crippen LogP contribution in [0.5, 0.6) is 0 Å². The number of nitrogens with one attached hydrogen (secondary N) is 1. The molecule has 4 atom stereocenters. The minimum absolute atomic E-state index is 0.0357. The molecule has 4 unspecified atom stereocenters. The van der Waals surface area contributed by atoms with Crippen LogP contribution in [-0.2, 0) is 9.47 Å². The van der Waals surface area contributed by atoms with Crippen LogP contribution >= 0.6 is 11.6 Å². The quantitative estimate of drug-likeness (QED) is 0.834. The van der Waals surface area contributed by atoms with Gasteiger partial charge in [-0.2, -0.15) is 15.8 Å². The van der Waals surface area contributed by atoms with Crippen molar-refractivity contribution in [2.75, 3.05) is 0 Å². The van der Waals surface area contributed by atoms with E-state index in [1.807, 2.05) is 25.1 Å². The summed E-state index contributed by atoms with van der Waals surface area (Å²) in [4.78, 5) is 0. The van der Waals surface area contributed by atoms with Crippen molar-refractivity contribution in [1.82, 2.24) is 0 Å². The van der Waals surface area contributed by atoms with E-state index in [2.05, 4.69) is 0 Å². The lowest BCUT2D eigenvalue weighted by molar-refractivity contribution is -0.274. The minimum Gasteiger partial charge on any atom is -0.448 e. The Labute approximate surface area is 161 Å². The number of halogens is 2. The van der Waals surface area contributed by atoms with E-state index in [1.165, 1.54) is 12.1 Å². The molecule has 0 aromatic heterocycles. The van der Waals surface area contributed by atoms with Gasteiger partial charge in [-0.05, 0) is 18.6 Å². The Morgan fingerprint density at radius 2 is 1.93 bits per heavy atom. The third-order valence-electron chi connectivity index (χ3n) is 5.55. The molecule has 6 nitrogen and oxygen atoms in total. The van der Waals surface area contributed by atoms with E-state index in [0.29, 0.717) is 12.8 Å². The minimum atomic E-state index is -2.21. The topological polar surface area (TPSA) is 114 Å². The van der Waals surface area contributed by atoms with E-state index < -0.39 is 40.4 Å². The first kappa shape index (κ1) is 19.1. The van der Waals surface area contributed by atoms with Gasteiger partial charge in [0.2, 0.25) is 17.1 Å². The highest BCUT2D eigenvalue weighted by atomic mass is 35.5. The Hall–Kier alpha value is -2.66. The molecule has 3 rings (SSSR count). The zero-order chi connectivity index (χ0) is 20.0. The van der Waals surface area contributed by atoms with Gasteiger partial charge in [-0.3, -0.25) is 5.41 Å². The van der Waals surface area contributed by atoms with E-state index in [9.17, 15) is 20.2 Å². The molecule has 138 valence electrons. The molecule has 2 bridgehead atoms. The van der Waals surface area contributed by atoms with Crippen molar-refractivity contribution in [1.29, 1.82) is 21.2 Å². The van der Waals surface area contributed by atoms with Crippen molar-refractivity contribution >= 4 is 17.5 Å². The second-order valence-electron chi connectivity index (χ2n) is 6.87. The molecule has 2 fully saturated rings. The van der Waals surface area contributed by atoms with Crippen LogP contribution in [0, 0.1) is 62.0 Å². The van der Waals surface area contributed by atoms with Crippen molar-refractivity contribution in [3.63, 3.8) is 0 Å². The smallest absolute Gasteiger partial charge is 0.214 e.